The number of benzene rings is 2. The summed E-state index contributed by atoms with van der Waals surface area (Å²) in [6, 6.07) is 12.0. The van der Waals surface area contributed by atoms with E-state index in [9.17, 15) is 4.79 Å². The third-order valence-corrected chi connectivity index (χ3v) is 3.02. The van der Waals surface area contributed by atoms with E-state index < -0.39 is 5.97 Å². The lowest BCUT2D eigenvalue weighted by Gasteiger charge is -2.08. The first kappa shape index (κ1) is 14.7. The Bertz CT molecular complexity index is 609. The second-order valence-electron chi connectivity index (χ2n) is 4.15. The Morgan fingerprint density at radius 2 is 1.80 bits per heavy atom. The van der Waals surface area contributed by atoms with Crippen LogP contribution in [-0.4, -0.2) is 12.6 Å². The van der Waals surface area contributed by atoms with Crippen LogP contribution >= 0.6 is 23.2 Å². The van der Waals surface area contributed by atoms with Gasteiger partial charge in [-0.2, -0.15) is 0 Å². The van der Waals surface area contributed by atoms with Gasteiger partial charge in [-0.15, -0.1) is 0 Å². The van der Waals surface area contributed by atoms with Crippen LogP contribution in [0.15, 0.2) is 42.5 Å². The zero-order valence-corrected chi connectivity index (χ0v) is 12.2. The summed E-state index contributed by atoms with van der Waals surface area (Å²) in [5.74, 6) is 0.364. The van der Waals surface area contributed by atoms with Gasteiger partial charge in [-0.1, -0.05) is 40.9 Å². The van der Waals surface area contributed by atoms with Crippen molar-refractivity contribution in [1.82, 2.24) is 0 Å². The second-order valence-corrected chi connectivity index (χ2v) is 4.99. The van der Waals surface area contributed by atoms with Gasteiger partial charge in [0, 0.05) is 5.02 Å². The molecule has 2 rings (SSSR count). The van der Waals surface area contributed by atoms with E-state index in [2.05, 4.69) is 0 Å². The van der Waals surface area contributed by atoms with Crippen LogP contribution < -0.4 is 9.47 Å². The number of rotatable bonds is 4. The van der Waals surface area contributed by atoms with Crippen molar-refractivity contribution in [3.8, 4) is 11.5 Å². The van der Waals surface area contributed by atoms with Crippen molar-refractivity contribution in [3.63, 3.8) is 0 Å². The van der Waals surface area contributed by atoms with Gasteiger partial charge in [0.15, 0.2) is 6.61 Å². The highest BCUT2D eigenvalue weighted by atomic mass is 35.5. The molecule has 0 aromatic heterocycles. The Balaban J connectivity index is 1.90. The average Bonchev–Trinajstić information content (AvgIpc) is 2.40. The molecule has 0 aliphatic rings. The predicted molar refractivity (Wildman–Crippen MR) is 78.8 cm³/mol. The molecule has 5 heteroatoms. The van der Waals surface area contributed by atoms with E-state index in [1.807, 2.05) is 19.1 Å². The van der Waals surface area contributed by atoms with Gasteiger partial charge in [0.05, 0.1) is 5.02 Å². The normalized spacial score (nSPS) is 10.2. The van der Waals surface area contributed by atoms with Crippen LogP contribution in [0.25, 0.3) is 0 Å². The lowest BCUT2D eigenvalue weighted by atomic mass is 10.2. The first-order chi connectivity index (χ1) is 9.54. The van der Waals surface area contributed by atoms with Crippen molar-refractivity contribution >= 4 is 29.2 Å². The van der Waals surface area contributed by atoms with E-state index in [-0.39, 0.29) is 6.61 Å². The summed E-state index contributed by atoms with van der Waals surface area (Å²) in [7, 11) is 0. The number of hydrogen-bond acceptors (Lipinski definition) is 3. The van der Waals surface area contributed by atoms with E-state index in [0.717, 1.165) is 5.56 Å². The molecule has 0 aliphatic carbocycles. The molecule has 20 heavy (non-hydrogen) atoms. The fourth-order valence-electron chi connectivity index (χ4n) is 1.50. The highest BCUT2D eigenvalue weighted by molar-refractivity contribution is 6.35. The molecule has 0 unspecified atom stereocenters. The van der Waals surface area contributed by atoms with Crippen molar-refractivity contribution in [2.45, 2.75) is 6.92 Å². The Morgan fingerprint density at radius 3 is 2.45 bits per heavy atom. The maximum atomic E-state index is 11.6. The quantitative estimate of drug-likeness (QED) is 0.624. The van der Waals surface area contributed by atoms with E-state index in [1.54, 1.807) is 30.3 Å². The number of halogens is 2. The molecule has 2 aromatic carbocycles. The molecule has 0 heterocycles. The summed E-state index contributed by atoms with van der Waals surface area (Å²) in [5.41, 5.74) is 1.09. The highest BCUT2D eigenvalue weighted by Gasteiger charge is 2.08. The fraction of sp³-hybridized carbons (Fsp3) is 0.133. The van der Waals surface area contributed by atoms with Gasteiger partial charge in [-0.3, -0.25) is 0 Å². The molecule has 0 spiro atoms. The van der Waals surface area contributed by atoms with Crippen LogP contribution in [0.3, 0.4) is 0 Å². The molecular formula is C15H12Cl2O3. The van der Waals surface area contributed by atoms with Gasteiger partial charge < -0.3 is 9.47 Å². The number of aryl methyl sites for hydroxylation is 1. The minimum atomic E-state index is -0.500. The number of esters is 1. The largest absolute Gasteiger partial charge is 0.480 e. The smallest absolute Gasteiger partial charge is 0.349 e. The van der Waals surface area contributed by atoms with E-state index in [1.165, 1.54) is 0 Å². The Hall–Kier alpha value is -1.71. The number of carbonyl (C=O) groups is 1. The molecule has 2 aromatic rings. The van der Waals surface area contributed by atoms with Crippen molar-refractivity contribution < 1.29 is 14.3 Å². The van der Waals surface area contributed by atoms with E-state index in [4.69, 9.17) is 32.7 Å². The summed E-state index contributed by atoms with van der Waals surface area (Å²) < 4.78 is 10.4. The molecule has 0 bridgehead atoms. The molecule has 3 nitrogen and oxygen atoms in total. The third-order valence-electron chi connectivity index (χ3n) is 2.49. The standard InChI is InChI=1S/C15H12Cl2O3/c1-10-2-5-12(6-3-10)20-15(18)9-19-14-7-4-11(16)8-13(14)17/h2-8H,9H2,1H3. The van der Waals surface area contributed by atoms with Crippen molar-refractivity contribution in [2.75, 3.05) is 6.61 Å². The first-order valence-electron chi connectivity index (χ1n) is 5.90. The third kappa shape index (κ3) is 4.15. The van der Waals surface area contributed by atoms with Crippen LogP contribution in [0.5, 0.6) is 11.5 Å². The molecular weight excluding hydrogens is 299 g/mol. The highest BCUT2D eigenvalue weighted by Crippen LogP contribution is 2.27. The first-order valence-corrected chi connectivity index (χ1v) is 6.65. The van der Waals surface area contributed by atoms with Crippen LogP contribution in [-0.2, 0) is 4.79 Å². The zero-order chi connectivity index (χ0) is 14.5. The molecule has 0 atom stereocenters. The molecule has 0 fully saturated rings. The number of carbonyl (C=O) groups excluding carboxylic acids is 1. The maximum absolute atomic E-state index is 11.6. The van der Waals surface area contributed by atoms with Crippen molar-refractivity contribution in [1.29, 1.82) is 0 Å². The van der Waals surface area contributed by atoms with Gasteiger partial charge in [-0.05, 0) is 37.3 Å². The predicted octanol–water partition coefficient (Wildman–Crippen LogP) is 4.29. The summed E-state index contributed by atoms with van der Waals surface area (Å²) in [4.78, 5) is 11.6. The second kappa shape index (κ2) is 6.64. The van der Waals surface area contributed by atoms with Gasteiger partial charge >= 0.3 is 5.97 Å². The molecule has 0 saturated carbocycles. The topological polar surface area (TPSA) is 35.5 Å². The lowest BCUT2D eigenvalue weighted by molar-refractivity contribution is -0.136. The summed E-state index contributed by atoms with van der Waals surface area (Å²) in [6.45, 7) is 1.73. The summed E-state index contributed by atoms with van der Waals surface area (Å²) in [5, 5.41) is 0.852. The number of hydrogen-bond donors (Lipinski definition) is 0. The van der Waals surface area contributed by atoms with Gasteiger partial charge in [0.1, 0.15) is 11.5 Å². The van der Waals surface area contributed by atoms with Crippen molar-refractivity contribution in [2.24, 2.45) is 0 Å². The SMILES string of the molecule is Cc1ccc(OC(=O)COc2ccc(Cl)cc2Cl)cc1. The van der Waals surface area contributed by atoms with Crippen LogP contribution in [0, 0.1) is 6.92 Å². The minimum absolute atomic E-state index is 0.227. The molecule has 104 valence electrons. The number of ether oxygens (including phenoxy) is 2. The van der Waals surface area contributed by atoms with Gasteiger partial charge in [0.25, 0.3) is 0 Å². The molecule has 0 saturated heterocycles. The van der Waals surface area contributed by atoms with Crippen LogP contribution in [0.2, 0.25) is 10.0 Å². The van der Waals surface area contributed by atoms with Gasteiger partial charge in [0.2, 0.25) is 0 Å². The Kier molecular flexibility index (Phi) is 4.88. The maximum Gasteiger partial charge on any atom is 0.349 e. The van der Waals surface area contributed by atoms with Crippen LogP contribution in [0.1, 0.15) is 5.56 Å². The lowest BCUT2D eigenvalue weighted by Crippen LogP contribution is -2.17. The minimum Gasteiger partial charge on any atom is -0.480 e. The monoisotopic (exact) mass is 310 g/mol. The van der Waals surface area contributed by atoms with E-state index in [0.29, 0.717) is 21.5 Å². The molecule has 0 N–H and O–H groups in total. The van der Waals surface area contributed by atoms with Gasteiger partial charge in [-0.25, -0.2) is 4.79 Å². The summed E-state index contributed by atoms with van der Waals surface area (Å²) >= 11 is 11.7. The Morgan fingerprint density at radius 1 is 1.10 bits per heavy atom. The molecule has 0 aliphatic heterocycles. The van der Waals surface area contributed by atoms with Crippen molar-refractivity contribution in [3.05, 3.63) is 58.1 Å². The fourth-order valence-corrected chi connectivity index (χ4v) is 1.96. The average molecular weight is 311 g/mol. The summed E-state index contributed by atoms with van der Waals surface area (Å²) in [6.07, 6.45) is 0. The molecule has 0 radical (unpaired) electrons. The molecule has 0 amide bonds. The zero-order valence-electron chi connectivity index (χ0n) is 10.7. The van der Waals surface area contributed by atoms with E-state index >= 15 is 0 Å². The Labute approximate surface area is 127 Å². The van der Waals surface area contributed by atoms with Crippen LogP contribution in [0.4, 0.5) is 0 Å².